The molecule has 1 heterocycles. The fourth-order valence-electron chi connectivity index (χ4n) is 2.34. The van der Waals surface area contributed by atoms with Crippen molar-refractivity contribution in [3.63, 3.8) is 0 Å². The van der Waals surface area contributed by atoms with Crippen LogP contribution in [0.2, 0.25) is 0 Å². The first kappa shape index (κ1) is 14.9. The molecule has 0 saturated carbocycles. The van der Waals surface area contributed by atoms with Crippen molar-refractivity contribution in [3.05, 3.63) is 35.9 Å². The van der Waals surface area contributed by atoms with Gasteiger partial charge in [-0.05, 0) is 30.6 Å². The van der Waals surface area contributed by atoms with E-state index >= 15 is 0 Å². The molecule has 3 nitrogen and oxygen atoms in total. The molecular formula is C15H23NO2S. The smallest absolute Gasteiger partial charge is 0.0653 e. The molecule has 1 saturated heterocycles. The van der Waals surface area contributed by atoms with E-state index in [0.717, 1.165) is 43.8 Å². The summed E-state index contributed by atoms with van der Waals surface area (Å²) < 4.78 is 5.36. The van der Waals surface area contributed by atoms with Crippen molar-refractivity contribution in [1.29, 1.82) is 0 Å². The van der Waals surface area contributed by atoms with E-state index in [-0.39, 0.29) is 6.61 Å². The van der Waals surface area contributed by atoms with Gasteiger partial charge in [-0.3, -0.25) is 0 Å². The van der Waals surface area contributed by atoms with Gasteiger partial charge in [0, 0.05) is 18.5 Å². The first-order valence-corrected chi connectivity index (χ1v) is 7.94. The van der Waals surface area contributed by atoms with E-state index in [4.69, 9.17) is 10.5 Å². The van der Waals surface area contributed by atoms with Gasteiger partial charge in [-0.2, -0.15) is 11.8 Å². The molecule has 0 radical (unpaired) electrons. The molecule has 1 aliphatic rings. The van der Waals surface area contributed by atoms with Crippen LogP contribution in [0.4, 0.5) is 0 Å². The minimum Gasteiger partial charge on any atom is -0.394 e. The lowest BCUT2D eigenvalue weighted by Gasteiger charge is -2.29. The van der Waals surface area contributed by atoms with Crippen molar-refractivity contribution in [3.8, 4) is 0 Å². The Balaban J connectivity index is 1.85. The monoisotopic (exact) mass is 281 g/mol. The number of aliphatic hydroxyl groups excluding tert-OH is 1. The van der Waals surface area contributed by atoms with Crippen LogP contribution in [0.1, 0.15) is 24.8 Å². The Labute approximate surface area is 119 Å². The molecular weight excluding hydrogens is 258 g/mol. The third-order valence-corrected chi connectivity index (χ3v) is 5.08. The van der Waals surface area contributed by atoms with Gasteiger partial charge >= 0.3 is 0 Å². The number of thioether (sulfide) groups is 1. The number of ether oxygens (including phenoxy) is 1. The number of rotatable bonds is 6. The summed E-state index contributed by atoms with van der Waals surface area (Å²) in [5.74, 6) is 0.983. The number of aliphatic hydroxyl groups is 1. The van der Waals surface area contributed by atoms with E-state index in [1.54, 1.807) is 0 Å². The lowest BCUT2D eigenvalue weighted by atomic mass is 9.89. The highest BCUT2D eigenvalue weighted by Gasteiger charge is 2.26. The molecule has 106 valence electrons. The highest BCUT2D eigenvalue weighted by Crippen LogP contribution is 2.28. The number of benzene rings is 1. The average molecular weight is 281 g/mol. The maximum absolute atomic E-state index is 9.62. The van der Waals surface area contributed by atoms with Gasteiger partial charge in [0.2, 0.25) is 0 Å². The predicted molar refractivity (Wildman–Crippen MR) is 80.3 cm³/mol. The Bertz CT molecular complexity index is 368. The molecule has 0 bridgehead atoms. The van der Waals surface area contributed by atoms with Gasteiger partial charge in [0.05, 0.1) is 12.1 Å². The van der Waals surface area contributed by atoms with Crippen LogP contribution in [0.5, 0.6) is 0 Å². The van der Waals surface area contributed by atoms with E-state index in [1.165, 1.54) is 0 Å². The minimum absolute atomic E-state index is 0.00858. The second-order valence-electron chi connectivity index (χ2n) is 5.11. The summed E-state index contributed by atoms with van der Waals surface area (Å²) in [5.41, 5.74) is 6.75. The van der Waals surface area contributed by atoms with Crippen molar-refractivity contribution in [2.24, 2.45) is 5.73 Å². The molecule has 1 aromatic carbocycles. The summed E-state index contributed by atoms with van der Waals surface area (Å²) in [6, 6.07) is 9.90. The summed E-state index contributed by atoms with van der Waals surface area (Å²) in [6.07, 6.45) is 3.06. The molecule has 19 heavy (non-hydrogen) atoms. The normalized spacial score (nSPS) is 20.1. The van der Waals surface area contributed by atoms with Gasteiger partial charge in [0.1, 0.15) is 0 Å². The first-order valence-electron chi connectivity index (χ1n) is 6.89. The highest BCUT2D eigenvalue weighted by atomic mass is 32.2. The van der Waals surface area contributed by atoms with Crippen LogP contribution >= 0.6 is 11.8 Å². The summed E-state index contributed by atoms with van der Waals surface area (Å²) in [4.78, 5) is 0. The van der Waals surface area contributed by atoms with Crippen LogP contribution in [0.25, 0.3) is 0 Å². The van der Waals surface area contributed by atoms with E-state index < -0.39 is 5.54 Å². The fraction of sp³-hybridized carbons (Fsp3) is 0.600. The quantitative estimate of drug-likeness (QED) is 0.839. The summed E-state index contributed by atoms with van der Waals surface area (Å²) in [6.45, 7) is 1.75. The molecule has 1 fully saturated rings. The van der Waals surface area contributed by atoms with Crippen LogP contribution in [0, 0.1) is 0 Å². The largest absolute Gasteiger partial charge is 0.394 e. The van der Waals surface area contributed by atoms with Gasteiger partial charge in [-0.25, -0.2) is 0 Å². The van der Waals surface area contributed by atoms with Gasteiger partial charge in [0.25, 0.3) is 0 Å². The van der Waals surface area contributed by atoms with Gasteiger partial charge in [-0.1, -0.05) is 30.3 Å². The van der Waals surface area contributed by atoms with Crippen molar-refractivity contribution < 1.29 is 9.84 Å². The van der Waals surface area contributed by atoms with Crippen molar-refractivity contribution in [2.75, 3.05) is 25.6 Å². The predicted octanol–water partition coefficient (Wildman–Crippen LogP) is 2.14. The SMILES string of the molecule is NC(CO)(CCSC1CCOCC1)c1ccccc1. The van der Waals surface area contributed by atoms with Crippen molar-refractivity contribution >= 4 is 11.8 Å². The Morgan fingerprint density at radius 1 is 1.26 bits per heavy atom. The van der Waals surface area contributed by atoms with Crippen LogP contribution in [0.15, 0.2) is 30.3 Å². The van der Waals surface area contributed by atoms with E-state index in [0.29, 0.717) is 5.25 Å². The summed E-state index contributed by atoms with van der Waals surface area (Å²) >= 11 is 1.96. The van der Waals surface area contributed by atoms with Crippen molar-refractivity contribution in [2.45, 2.75) is 30.1 Å². The molecule has 1 aromatic rings. The fourth-order valence-corrected chi connectivity index (χ4v) is 3.68. The second kappa shape index (κ2) is 7.29. The zero-order valence-corrected chi connectivity index (χ0v) is 12.1. The molecule has 2 rings (SSSR count). The van der Waals surface area contributed by atoms with Gasteiger partial charge in [0.15, 0.2) is 0 Å². The number of nitrogens with two attached hydrogens (primary N) is 1. The van der Waals surface area contributed by atoms with E-state index in [2.05, 4.69) is 0 Å². The van der Waals surface area contributed by atoms with Gasteiger partial charge < -0.3 is 15.6 Å². The molecule has 0 amide bonds. The van der Waals surface area contributed by atoms with Gasteiger partial charge in [-0.15, -0.1) is 0 Å². The maximum Gasteiger partial charge on any atom is 0.0653 e. The topological polar surface area (TPSA) is 55.5 Å². The molecule has 0 spiro atoms. The van der Waals surface area contributed by atoms with E-state index in [9.17, 15) is 5.11 Å². The van der Waals surface area contributed by atoms with Crippen LogP contribution in [0.3, 0.4) is 0 Å². The Morgan fingerprint density at radius 2 is 1.95 bits per heavy atom. The van der Waals surface area contributed by atoms with Crippen molar-refractivity contribution in [1.82, 2.24) is 0 Å². The molecule has 1 unspecified atom stereocenters. The molecule has 0 aromatic heterocycles. The third kappa shape index (κ3) is 4.21. The van der Waals surface area contributed by atoms with Crippen LogP contribution < -0.4 is 5.73 Å². The molecule has 4 heteroatoms. The number of hydrogen-bond acceptors (Lipinski definition) is 4. The zero-order chi connectivity index (χ0) is 13.6. The Morgan fingerprint density at radius 3 is 2.58 bits per heavy atom. The minimum atomic E-state index is -0.612. The molecule has 3 N–H and O–H groups in total. The lowest BCUT2D eigenvalue weighted by molar-refractivity contribution is 0.1000. The summed E-state index contributed by atoms with van der Waals surface area (Å²) in [5, 5.41) is 10.3. The molecule has 0 aliphatic carbocycles. The third-order valence-electron chi connectivity index (χ3n) is 3.70. The lowest BCUT2D eigenvalue weighted by Crippen LogP contribution is -2.41. The average Bonchev–Trinajstić information content (AvgIpc) is 2.49. The van der Waals surface area contributed by atoms with E-state index in [1.807, 2.05) is 42.1 Å². The second-order valence-corrected chi connectivity index (χ2v) is 6.52. The zero-order valence-electron chi connectivity index (χ0n) is 11.3. The molecule has 1 aliphatic heterocycles. The maximum atomic E-state index is 9.62. The highest BCUT2D eigenvalue weighted by molar-refractivity contribution is 7.99. The van der Waals surface area contributed by atoms with Crippen LogP contribution in [-0.4, -0.2) is 35.9 Å². The van der Waals surface area contributed by atoms with Crippen LogP contribution in [-0.2, 0) is 10.3 Å². The summed E-state index contributed by atoms with van der Waals surface area (Å²) in [7, 11) is 0. The molecule has 1 atom stereocenters. The first-order chi connectivity index (χ1) is 9.24. The Hall–Kier alpha value is -0.550. The standard InChI is InChI=1S/C15H23NO2S/c16-15(12-17,13-4-2-1-3-5-13)8-11-19-14-6-9-18-10-7-14/h1-5,14,17H,6-12,16H2. The Kier molecular flexibility index (Phi) is 5.70. The number of hydrogen-bond donors (Lipinski definition) is 2.